The van der Waals surface area contributed by atoms with Crippen LogP contribution in [0.4, 0.5) is 0 Å². The molecule has 1 amide bonds. The quantitative estimate of drug-likeness (QED) is 0.694. The van der Waals surface area contributed by atoms with Crippen molar-refractivity contribution in [2.75, 3.05) is 0 Å². The standard InChI is InChI=1S/C22H25N3O2S/c26-21(20-14-23-15-28-20)17-8-4-5-9-18(11-10-17)22(27)25-19(12-13-24-25)16-6-2-1-3-7-16/h1-3,6-7,13-15,17-19H,4-5,8-12H2. The van der Waals surface area contributed by atoms with Gasteiger partial charge in [0.2, 0.25) is 5.91 Å². The fourth-order valence-electron chi connectivity index (χ4n) is 4.29. The first-order valence-electron chi connectivity index (χ1n) is 10.1. The van der Waals surface area contributed by atoms with Gasteiger partial charge in [-0.3, -0.25) is 14.6 Å². The second-order valence-corrected chi connectivity index (χ2v) is 8.51. The molecule has 146 valence electrons. The highest BCUT2D eigenvalue weighted by atomic mass is 32.1. The molecule has 2 aliphatic rings. The van der Waals surface area contributed by atoms with Gasteiger partial charge in [0.25, 0.3) is 0 Å². The van der Waals surface area contributed by atoms with E-state index in [9.17, 15) is 9.59 Å². The number of rotatable bonds is 4. The minimum atomic E-state index is -0.0569. The molecule has 28 heavy (non-hydrogen) atoms. The first kappa shape index (κ1) is 19.0. The Morgan fingerprint density at radius 2 is 1.75 bits per heavy atom. The zero-order valence-electron chi connectivity index (χ0n) is 15.9. The highest BCUT2D eigenvalue weighted by Gasteiger charge is 2.34. The summed E-state index contributed by atoms with van der Waals surface area (Å²) in [5.41, 5.74) is 2.83. The van der Waals surface area contributed by atoms with E-state index in [0.717, 1.165) is 55.4 Å². The van der Waals surface area contributed by atoms with Crippen LogP contribution in [0, 0.1) is 11.8 Å². The van der Waals surface area contributed by atoms with E-state index < -0.39 is 0 Å². The Hall–Kier alpha value is -2.34. The second kappa shape index (κ2) is 8.78. The van der Waals surface area contributed by atoms with Crippen molar-refractivity contribution in [3.63, 3.8) is 0 Å². The Kier molecular flexibility index (Phi) is 5.95. The zero-order valence-corrected chi connectivity index (χ0v) is 16.7. The number of nitrogens with zero attached hydrogens (tertiary/aromatic N) is 3. The van der Waals surface area contributed by atoms with Crippen molar-refractivity contribution in [2.24, 2.45) is 16.9 Å². The molecular weight excluding hydrogens is 370 g/mol. The van der Waals surface area contributed by atoms with Crippen LogP contribution in [0.5, 0.6) is 0 Å². The fraction of sp³-hybridized carbons (Fsp3) is 0.455. The third-order valence-corrected chi connectivity index (χ3v) is 6.64. The summed E-state index contributed by atoms with van der Waals surface area (Å²) in [6, 6.07) is 10.1. The van der Waals surface area contributed by atoms with E-state index in [1.807, 2.05) is 24.4 Å². The summed E-state index contributed by atoms with van der Waals surface area (Å²) < 4.78 is 0. The van der Waals surface area contributed by atoms with E-state index in [0.29, 0.717) is 0 Å². The van der Waals surface area contributed by atoms with Gasteiger partial charge >= 0.3 is 0 Å². The van der Waals surface area contributed by atoms with Crippen LogP contribution in [0.1, 0.15) is 66.2 Å². The van der Waals surface area contributed by atoms with E-state index in [2.05, 4.69) is 22.2 Å². The van der Waals surface area contributed by atoms with Crippen LogP contribution in [0.25, 0.3) is 0 Å². The lowest BCUT2D eigenvalue weighted by Crippen LogP contribution is -2.34. The largest absolute Gasteiger partial charge is 0.293 e. The molecule has 0 bridgehead atoms. The molecule has 2 aromatic rings. The minimum absolute atomic E-state index is 0.00282. The molecule has 0 spiro atoms. The number of aromatic nitrogens is 1. The predicted octanol–water partition coefficient (Wildman–Crippen LogP) is 4.87. The number of amides is 1. The van der Waals surface area contributed by atoms with Crippen LogP contribution < -0.4 is 0 Å². The highest BCUT2D eigenvalue weighted by Crippen LogP contribution is 2.34. The maximum atomic E-state index is 13.3. The zero-order chi connectivity index (χ0) is 19.3. The van der Waals surface area contributed by atoms with Gasteiger partial charge in [0, 0.05) is 30.7 Å². The van der Waals surface area contributed by atoms with Crippen LogP contribution in [0.2, 0.25) is 0 Å². The topological polar surface area (TPSA) is 62.6 Å². The Labute approximate surface area is 169 Å². The van der Waals surface area contributed by atoms with Crippen molar-refractivity contribution in [1.29, 1.82) is 0 Å². The number of Topliss-reactive ketones (excluding diaryl/α,β-unsaturated/α-hetero) is 1. The smallest absolute Gasteiger partial charge is 0.246 e. The van der Waals surface area contributed by atoms with E-state index in [1.165, 1.54) is 11.3 Å². The maximum Gasteiger partial charge on any atom is 0.246 e. The van der Waals surface area contributed by atoms with Gasteiger partial charge in [-0.25, -0.2) is 5.01 Å². The molecule has 1 aromatic carbocycles. The van der Waals surface area contributed by atoms with Gasteiger partial charge in [-0.1, -0.05) is 43.2 Å². The summed E-state index contributed by atoms with van der Waals surface area (Å²) in [5, 5.41) is 6.08. The summed E-state index contributed by atoms with van der Waals surface area (Å²) in [7, 11) is 0. The molecule has 6 heteroatoms. The van der Waals surface area contributed by atoms with E-state index in [4.69, 9.17) is 0 Å². The number of carbonyl (C=O) groups excluding carboxylic acids is 2. The average molecular weight is 396 g/mol. The van der Waals surface area contributed by atoms with Crippen LogP contribution in [0.3, 0.4) is 0 Å². The van der Waals surface area contributed by atoms with Gasteiger partial charge < -0.3 is 0 Å². The third kappa shape index (κ3) is 4.07. The number of carbonyl (C=O) groups is 2. The monoisotopic (exact) mass is 395 g/mol. The summed E-state index contributed by atoms with van der Waals surface area (Å²) in [5.74, 6) is 0.243. The normalized spacial score (nSPS) is 25.3. The molecule has 3 unspecified atom stereocenters. The number of ketones is 1. The summed E-state index contributed by atoms with van der Waals surface area (Å²) >= 11 is 1.41. The molecule has 1 aliphatic carbocycles. The van der Waals surface area contributed by atoms with Crippen molar-refractivity contribution >= 4 is 29.2 Å². The first-order chi connectivity index (χ1) is 13.7. The lowest BCUT2D eigenvalue weighted by Gasteiger charge is -2.29. The van der Waals surface area contributed by atoms with Gasteiger partial charge in [0.15, 0.2) is 5.78 Å². The Morgan fingerprint density at radius 1 is 1.00 bits per heavy atom. The Morgan fingerprint density at radius 3 is 2.50 bits per heavy atom. The highest BCUT2D eigenvalue weighted by molar-refractivity contribution is 7.11. The SMILES string of the molecule is O=C(c1cncs1)C1CCCCC(C(=O)N2N=CCC2c2ccccc2)CC1. The van der Waals surface area contributed by atoms with E-state index >= 15 is 0 Å². The molecule has 1 aromatic heterocycles. The number of thiazole rings is 1. The molecule has 0 radical (unpaired) electrons. The van der Waals surface area contributed by atoms with Gasteiger partial charge in [0.1, 0.15) is 0 Å². The molecular formula is C22H25N3O2S. The predicted molar refractivity (Wildman–Crippen MR) is 110 cm³/mol. The average Bonchev–Trinajstić information content (AvgIpc) is 3.40. The number of hydrogen-bond donors (Lipinski definition) is 0. The second-order valence-electron chi connectivity index (χ2n) is 7.63. The van der Waals surface area contributed by atoms with Crippen LogP contribution in [-0.2, 0) is 4.79 Å². The number of hydrazone groups is 1. The molecule has 1 aliphatic heterocycles. The van der Waals surface area contributed by atoms with Crippen molar-refractivity contribution in [1.82, 2.24) is 9.99 Å². The van der Waals surface area contributed by atoms with Gasteiger partial charge in [0.05, 0.1) is 16.4 Å². The minimum Gasteiger partial charge on any atom is -0.293 e. The summed E-state index contributed by atoms with van der Waals surface area (Å²) in [6.07, 6.45) is 9.55. The van der Waals surface area contributed by atoms with E-state index in [-0.39, 0.29) is 29.6 Å². The molecule has 0 N–H and O–H groups in total. The fourth-order valence-corrected chi connectivity index (χ4v) is 4.93. The molecule has 0 saturated heterocycles. The third-order valence-electron chi connectivity index (χ3n) is 5.85. The maximum absolute atomic E-state index is 13.3. The van der Waals surface area contributed by atoms with Gasteiger partial charge in [-0.2, -0.15) is 5.10 Å². The van der Waals surface area contributed by atoms with Crippen LogP contribution >= 0.6 is 11.3 Å². The molecule has 5 nitrogen and oxygen atoms in total. The van der Waals surface area contributed by atoms with Crippen LogP contribution in [-0.4, -0.2) is 27.9 Å². The van der Waals surface area contributed by atoms with Crippen molar-refractivity contribution in [3.05, 3.63) is 52.5 Å². The summed E-state index contributed by atoms with van der Waals surface area (Å²) in [6.45, 7) is 0. The van der Waals surface area contributed by atoms with Crippen LogP contribution in [0.15, 0.2) is 47.1 Å². The lowest BCUT2D eigenvalue weighted by atomic mass is 9.82. The number of benzene rings is 1. The molecule has 1 saturated carbocycles. The summed E-state index contributed by atoms with van der Waals surface area (Å²) in [4.78, 5) is 30.8. The van der Waals surface area contributed by atoms with Gasteiger partial charge in [-0.15, -0.1) is 11.3 Å². The van der Waals surface area contributed by atoms with Crippen molar-refractivity contribution in [2.45, 2.75) is 51.0 Å². The molecule has 1 fully saturated rings. The Bertz CT molecular complexity index is 835. The van der Waals surface area contributed by atoms with E-state index in [1.54, 1.807) is 16.7 Å². The molecule has 4 rings (SSSR count). The lowest BCUT2D eigenvalue weighted by molar-refractivity contribution is -0.138. The van der Waals surface area contributed by atoms with Gasteiger partial charge in [-0.05, 0) is 31.2 Å². The molecule has 2 heterocycles. The molecule has 3 atom stereocenters. The first-order valence-corrected chi connectivity index (χ1v) is 10.9. The Balaban J connectivity index is 1.44. The van der Waals surface area contributed by atoms with Crippen molar-refractivity contribution < 1.29 is 9.59 Å². The number of hydrogen-bond acceptors (Lipinski definition) is 5. The van der Waals surface area contributed by atoms with Crippen molar-refractivity contribution in [3.8, 4) is 0 Å².